The third-order valence-electron chi connectivity index (χ3n) is 2.98. The van der Waals surface area contributed by atoms with Crippen LogP contribution in [0.4, 0.5) is 0 Å². The van der Waals surface area contributed by atoms with Crippen LogP contribution in [0.3, 0.4) is 0 Å². The summed E-state index contributed by atoms with van der Waals surface area (Å²) >= 11 is 0. The topological polar surface area (TPSA) is 146 Å². The molecule has 0 aliphatic heterocycles. The van der Waals surface area contributed by atoms with Crippen molar-refractivity contribution >= 4 is 12.0 Å². The fraction of sp³-hybridized carbons (Fsp3) is 0.438. The van der Waals surface area contributed by atoms with Crippen molar-refractivity contribution in [2.45, 2.75) is 12.2 Å². The van der Waals surface area contributed by atoms with Crippen molar-refractivity contribution in [2.24, 2.45) is 0 Å². The molecule has 140 valence electrons. The molecule has 9 nitrogen and oxygen atoms in total. The lowest BCUT2D eigenvalue weighted by Gasteiger charge is -2.14. The molecule has 0 fully saturated rings. The number of carboxylic acid groups (broad SMARTS) is 1. The number of benzene rings is 1. The van der Waals surface area contributed by atoms with Gasteiger partial charge < -0.3 is 39.7 Å². The molecule has 5 N–H and O–H groups in total. The predicted octanol–water partition coefficient (Wildman–Crippen LogP) is -0.778. The number of rotatable bonds is 11. The number of methoxy groups -OCH3 is 1. The highest BCUT2D eigenvalue weighted by Crippen LogP contribution is 2.29. The van der Waals surface area contributed by atoms with Gasteiger partial charge in [-0.3, -0.25) is 0 Å². The van der Waals surface area contributed by atoms with E-state index in [2.05, 4.69) is 0 Å². The van der Waals surface area contributed by atoms with Crippen molar-refractivity contribution in [3.63, 3.8) is 0 Å². The van der Waals surface area contributed by atoms with Gasteiger partial charge in [0.2, 0.25) is 5.76 Å². The number of carboxylic acids is 1. The summed E-state index contributed by atoms with van der Waals surface area (Å²) < 4.78 is 15.4. The van der Waals surface area contributed by atoms with Crippen LogP contribution in [0.25, 0.3) is 6.08 Å². The van der Waals surface area contributed by atoms with Gasteiger partial charge in [-0.25, -0.2) is 4.79 Å². The summed E-state index contributed by atoms with van der Waals surface area (Å²) in [5.74, 6) is -1.18. The van der Waals surface area contributed by atoms with Gasteiger partial charge in [-0.05, 0) is 23.8 Å². The third kappa shape index (κ3) is 6.98. The lowest BCUT2D eigenvalue weighted by molar-refractivity contribution is -0.137. The third-order valence-corrected chi connectivity index (χ3v) is 2.98. The van der Waals surface area contributed by atoms with Crippen LogP contribution < -0.4 is 9.47 Å². The van der Waals surface area contributed by atoms with E-state index < -0.39 is 37.2 Å². The van der Waals surface area contributed by atoms with Gasteiger partial charge in [0.1, 0.15) is 25.4 Å². The summed E-state index contributed by atoms with van der Waals surface area (Å²) in [6.07, 6.45) is -1.06. The maximum Gasteiger partial charge on any atom is 0.371 e. The van der Waals surface area contributed by atoms with E-state index in [1.54, 1.807) is 6.07 Å². The second kappa shape index (κ2) is 10.5. The number of aliphatic carboxylic acids is 1. The molecule has 0 saturated carbocycles. The van der Waals surface area contributed by atoms with Crippen LogP contribution in [0.15, 0.2) is 24.0 Å². The number of carbonyl (C=O) groups is 1. The van der Waals surface area contributed by atoms with Gasteiger partial charge in [0, 0.05) is 0 Å². The van der Waals surface area contributed by atoms with E-state index in [4.69, 9.17) is 29.5 Å². The van der Waals surface area contributed by atoms with Crippen molar-refractivity contribution in [1.82, 2.24) is 0 Å². The number of aliphatic hydroxyl groups excluding tert-OH is 4. The average Bonchev–Trinajstić information content (AvgIpc) is 2.62. The van der Waals surface area contributed by atoms with Crippen LogP contribution in [-0.4, -0.2) is 77.2 Å². The first-order valence-corrected chi connectivity index (χ1v) is 7.37. The zero-order valence-corrected chi connectivity index (χ0v) is 13.7. The number of aliphatic hydroxyl groups is 4. The van der Waals surface area contributed by atoms with Gasteiger partial charge in [0.15, 0.2) is 11.5 Å². The molecular formula is C16H22O9. The monoisotopic (exact) mass is 358 g/mol. The van der Waals surface area contributed by atoms with E-state index in [0.29, 0.717) is 11.3 Å². The van der Waals surface area contributed by atoms with Crippen molar-refractivity contribution in [3.8, 4) is 11.5 Å². The van der Waals surface area contributed by atoms with Crippen molar-refractivity contribution in [1.29, 1.82) is 0 Å². The standard InChI is InChI=1S/C16H22O9/c1-23-13-3-2-10(4-14(13)24-8-11(19)6-17)5-15(16(21)22)25-9-12(20)7-18/h2-5,11-12,17-20H,6-9H2,1H3,(H,21,22). The molecule has 1 aromatic carbocycles. The molecule has 2 atom stereocenters. The Morgan fingerprint density at radius 3 is 2.32 bits per heavy atom. The fourth-order valence-corrected chi connectivity index (χ4v) is 1.69. The van der Waals surface area contributed by atoms with Crippen LogP contribution in [0.2, 0.25) is 0 Å². The molecule has 0 aliphatic rings. The predicted molar refractivity (Wildman–Crippen MR) is 86.2 cm³/mol. The van der Waals surface area contributed by atoms with E-state index in [-0.39, 0.29) is 19.0 Å². The highest BCUT2D eigenvalue weighted by atomic mass is 16.5. The maximum atomic E-state index is 11.2. The highest BCUT2D eigenvalue weighted by Gasteiger charge is 2.14. The van der Waals surface area contributed by atoms with Crippen molar-refractivity contribution in [2.75, 3.05) is 33.5 Å². The van der Waals surface area contributed by atoms with Gasteiger partial charge in [-0.1, -0.05) is 6.07 Å². The second-order valence-corrected chi connectivity index (χ2v) is 5.02. The van der Waals surface area contributed by atoms with Crippen LogP contribution in [0.5, 0.6) is 11.5 Å². The quantitative estimate of drug-likeness (QED) is 0.254. The highest BCUT2D eigenvalue weighted by molar-refractivity contribution is 5.90. The normalized spacial score (nSPS) is 13.9. The van der Waals surface area contributed by atoms with Gasteiger partial charge in [0.05, 0.1) is 20.3 Å². The molecule has 0 bridgehead atoms. The molecular weight excluding hydrogens is 336 g/mol. The van der Waals surface area contributed by atoms with Gasteiger partial charge >= 0.3 is 5.97 Å². The molecule has 9 heteroatoms. The number of ether oxygens (including phenoxy) is 3. The van der Waals surface area contributed by atoms with Crippen LogP contribution in [-0.2, 0) is 9.53 Å². The SMILES string of the molecule is COc1ccc(C=C(OCC(O)CO)C(=O)O)cc1OCC(O)CO. The van der Waals surface area contributed by atoms with Crippen LogP contribution in [0.1, 0.15) is 5.56 Å². The maximum absolute atomic E-state index is 11.2. The molecule has 0 aliphatic carbocycles. The summed E-state index contributed by atoms with van der Waals surface area (Å²) in [6.45, 7) is -1.57. The first-order chi connectivity index (χ1) is 11.9. The Bertz CT molecular complexity index is 585. The Balaban J connectivity index is 2.99. The Labute approximate surface area is 144 Å². The van der Waals surface area contributed by atoms with E-state index >= 15 is 0 Å². The van der Waals surface area contributed by atoms with Gasteiger partial charge in [-0.15, -0.1) is 0 Å². The Morgan fingerprint density at radius 1 is 1.12 bits per heavy atom. The number of hydrogen-bond donors (Lipinski definition) is 5. The summed E-state index contributed by atoms with van der Waals surface area (Å²) in [4.78, 5) is 11.2. The Morgan fingerprint density at radius 2 is 1.76 bits per heavy atom. The minimum Gasteiger partial charge on any atom is -0.493 e. The van der Waals surface area contributed by atoms with E-state index in [1.165, 1.54) is 25.3 Å². The fourth-order valence-electron chi connectivity index (χ4n) is 1.69. The Hall–Kier alpha value is -2.33. The zero-order valence-electron chi connectivity index (χ0n) is 13.7. The molecule has 0 heterocycles. The summed E-state index contributed by atoms with van der Waals surface area (Å²) in [5.41, 5.74) is 0.408. The average molecular weight is 358 g/mol. The van der Waals surface area contributed by atoms with Gasteiger partial charge in [-0.2, -0.15) is 0 Å². The van der Waals surface area contributed by atoms with Crippen LogP contribution >= 0.6 is 0 Å². The summed E-state index contributed by atoms with van der Waals surface area (Å²) in [7, 11) is 1.42. The van der Waals surface area contributed by atoms with E-state index in [0.717, 1.165) is 0 Å². The first kappa shape index (κ1) is 20.7. The first-order valence-electron chi connectivity index (χ1n) is 7.37. The van der Waals surface area contributed by atoms with E-state index in [9.17, 15) is 15.0 Å². The molecule has 1 aromatic rings. The largest absolute Gasteiger partial charge is 0.493 e. The summed E-state index contributed by atoms with van der Waals surface area (Å²) in [6, 6.07) is 4.56. The molecule has 0 spiro atoms. The van der Waals surface area contributed by atoms with E-state index in [1.807, 2.05) is 0 Å². The summed E-state index contributed by atoms with van der Waals surface area (Å²) in [5, 5.41) is 45.3. The zero-order chi connectivity index (χ0) is 18.8. The molecule has 0 radical (unpaired) electrons. The lowest BCUT2D eigenvalue weighted by atomic mass is 10.1. The minimum absolute atomic E-state index is 0.176. The van der Waals surface area contributed by atoms with Crippen LogP contribution in [0, 0.1) is 0 Å². The smallest absolute Gasteiger partial charge is 0.371 e. The molecule has 0 aromatic heterocycles. The number of hydrogen-bond acceptors (Lipinski definition) is 8. The van der Waals surface area contributed by atoms with Crippen molar-refractivity contribution < 1.29 is 44.5 Å². The molecule has 1 rings (SSSR count). The Kier molecular flexibility index (Phi) is 8.71. The minimum atomic E-state index is -1.35. The lowest BCUT2D eigenvalue weighted by Crippen LogP contribution is -2.21. The second-order valence-electron chi connectivity index (χ2n) is 5.02. The molecule has 0 amide bonds. The molecule has 25 heavy (non-hydrogen) atoms. The van der Waals surface area contributed by atoms with Gasteiger partial charge in [0.25, 0.3) is 0 Å². The molecule has 2 unspecified atom stereocenters. The van der Waals surface area contributed by atoms with Crippen molar-refractivity contribution in [3.05, 3.63) is 29.5 Å². The molecule has 0 saturated heterocycles.